The molecule has 0 radical (unpaired) electrons. The molecule has 0 saturated heterocycles. The monoisotopic (exact) mass is 335 g/mol. The topological polar surface area (TPSA) is 38.7 Å². The molecular weight excluding hydrogens is 313 g/mol. The Labute approximate surface area is 141 Å². The lowest BCUT2D eigenvalue weighted by molar-refractivity contribution is -0.140. The van der Waals surface area contributed by atoms with E-state index in [0.717, 1.165) is 37.7 Å². The second kappa shape index (κ2) is 8.90. The van der Waals surface area contributed by atoms with E-state index in [1.807, 2.05) is 0 Å². The molecule has 1 aromatic rings. The molecule has 23 heavy (non-hydrogen) atoms. The predicted molar refractivity (Wildman–Crippen MR) is 91.7 cm³/mol. The summed E-state index contributed by atoms with van der Waals surface area (Å²) in [6.07, 6.45) is 7.62. The molecule has 0 aromatic heterocycles. The van der Waals surface area contributed by atoms with E-state index in [9.17, 15) is 9.18 Å². The molecule has 1 saturated carbocycles. The van der Waals surface area contributed by atoms with Crippen molar-refractivity contribution in [2.75, 3.05) is 0 Å². The number of carbonyl (C=O) groups is 1. The van der Waals surface area contributed by atoms with Gasteiger partial charge in [0.2, 0.25) is 0 Å². The largest absolute Gasteiger partial charge is 0.426 e. The Hall–Kier alpha value is -1.58. The molecule has 1 fully saturated rings. The highest BCUT2D eigenvalue weighted by Gasteiger charge is 2.27. The van der Waals surface area contributed by atoms with Crippen LogP contribution in [0.3, 0.4) is 0 Å². The summed E-state index contributed by atoms with van der Waals surface area (Å²) in [5, 5.41) is 2.12. The highest BCUT2D eigenvalue weighted by Crippen LogP contribution is 2.33. The standard InChI is InChI=1S/C18H22FNO2S/c1-2-3-4-13-5-7-14(8-6-13)18(21)22-15-9-10-17(20-12-23)16(19)11-15/h9-11,13-14H,2-8H2,1H3. The third-order valence-electron chi connectivity index (χ3n) is 4.45. The Balaban J connectivity index is 1.88. The van der Waals surface area contributed by atoms with Crippen molar-refractivity contribution in [2.45, 2.75) is 51.9 Å². The van der Waals surface area contributed by atoms with Gasteiger partial charge in [-0.3, -0.25) is 4.79 Å². The molecule has 5 heteroatoms. The van der Waals surface area contributed by atoms with Crippen molar-refractivity contribution >= 4 is 29.0 Å². The molecule has 0 unspecified atom stereocenters. The average molecular weight is 335 g/mol. The van der Waals surface area contributed by atoms with Crippen LogP contribution in [-0.4, -0.2) is 11.1 Å². The smallest absolute Gasteiger partial charge is 0.314 e. The fraction of sp³-hybridized carbons (Fsp3) is 0.556. The minimum atomic E-state index is -0.573. The summed E-state index contributed by atoms with van der Waals surface area (Å²) in [5.74, 6) is 0.0436. The summed E-state index contributed by atoms with van der Waals surface area (Å²) >= 11 is 4.45. The molecule has 0 spiro atoms. The number of thiocarbonyl (C=S) groups is 1. The van der Waals surface area contributed by atoms with Crippen LogP contribution >= 0.6 is 12.2 Å². The minimum Gasteiger partial charge on any atom is -0.426 e. The molecule has 124 valence electrons. The molecule has 0 bridgehead atoms. The van der Waals surface area contributed by atoms with Crippen molar-refractivity contribution < 1.29 is 13.9 Å². The van der Waals surface area contributed by atoms with Gasteiger partial charge in [0.1, 0.15) is 11.4 Å². The second-order valence-corrected chi connectivity index (χ2v) is 6.28. The number of isothiocyanates is 1. The van der Waals surface area contributed by atoms with E-state index in [1.54, 1.807) is 0 Å². The summed E-state index contributed by atoms with van der Waals surface area (Å²) in [6.45, 7) is 2.20. The zero-order valence-corrected chi connectivity index (χ0v) is 14.2. The van der Waals surface area contributed by atoms with Crippen LogP contribution in [0.4, 0.5) is 10.1 Å². The Kier molecular flexibility index (Phi) is 6.87. The van der Waals surface area contributed by atoms with E-state index in [1.165, 1.54) is 31.4 Å². The maximum atomic E-state index is 13.7. The van der Waals surface area contributed by atoms with Gasteiger partial charge in [-0.1, -0.05) is 26.2 Å². The third-order valence-corrected chi connectivity index (χ3v) is 4.54. The van der Waals surface area contributed by atoms with Gasteiger partial charge in [-0.2, -0.15) is 4.99 Å². The van der Waals surface area contributed by atoms with Crippen molar-refractivity contribution in [1.82, 2.24) is 0 Å². The first-order valence-electron chi connectivity index (χ1n) is 8.23. The Morgan fingerprint density at radius 1 is 1.39 bits per heavy atom. The van der Waals surface area contributed by atoms with Crippen LogP contribution in [-0.2, 0) is 4.79 Å². The summed E-state index contributed by atoms with van der Waals surface area (Å²) in [6, 6.07) is 4.12. The van der Waals surface area contributed by atoms with Gasteiger partial charge in [0.15, 0.2) is 5.82 Å². The summed E-state index contributed by atoms with van der Waals surface area (Å²) in [7, 11) is 0. The van der Waals surface area contributed by atoms with Crippen molar-refractivity contribution in [2.24, 2.45) is 16.8 Å². The molecule has 0 N–H and O–H groups in total. The van der Waals surface area contributed by atoms with Gasteiger partial charge in [-0.05, 0) is 56.0 Å². The van der Waals surface area contributed by atoms with Crippen LogP contribution in [0, 0.1) is 17.7 Å². The van der Waals surface area contributed by atoms with Gasteiger partial charge < -0.3 is 4.74 Å². The van der Waals surface area contributed by atoms with Crippen molar-refractivity contribution in [3.8, 4) is 5.75 Å². The van der Waals surface area contributed by atoms with Gasteiger partial charge >= 0.3 is 5.97 Å². The Morgan fingerprint density at radius 2 is 2.13 bits per heavy atom. The molecule has 1 aromatic carbocycles. The number of aliphatic imine (C=N–C) groups is 1. The molecule has 1 aliphatic rings. The van der Waals surface area contributed by atoms with E-state index in [4.69, 9.17) is 4.74 Å². The zero-order valence-electron chi connectivity index (χ0n) is 13.4. The highest BCUT2D eigenvalue weighted by molar-refractivity contribution is 7.78. The van der Waals surface area contributed by atoms with Crippen LogP contribution in [0.5, 0.6) is 5.75 Å². The quantitative estimate of drug-likeness (QED) is 0.300. The first-order valence-corrected chi connectivity index (χ1v) is 8.64. The molecule has 0 atom stereocenters. The fourth-order valence-electron chi connectivity index (χ4n) is 3.07. The molecule has 0 amide bonds. The number of rotatable bonds is 6. The third kappa shape index (κ3) is 5.22. The Bertz CT molecular complexity index is 591. The fourth-order valence-corrected chi connectivity index (χ4v) is 3.17. The van der Waals surface area contributed by atoms with E-state index in [-0.39, 0.29) is 23.3 Å². The van der Waals surface area contributed by atoms with E-state index >= 15 is 0 Å². The molecular formula is C18H22FNO2S. The number of halogens is 1. The van der Waals surface area contributed by atoms with E-state index in [2.05, 4.69) is 29.3 Å². The number of benzene rings is 1. The van der Waals surface area contributed by atoms with Gasteiger partial charge in [0.25, 0.3) is 0 Å². The summed E-state index contributed by atoms with van der Waals surface area (Å²) in [5.41, 5.74) is 0.0937. The zero-order chi connectivity index (χ0) is 16.7. The normalized spacial score (nSPS) is 20.6. The van der Waals surface area contributed by atoms with Crippen molar-refractivity contribution in [3.05, 3.63) is 24.0 Å². The number of hydrogen-bond acceptors (Lipinski definition) is 4. The number of nitrogens with zero attached hydrogens (tertiary/aromatic N) is 1. The van der Waals surface area contributed by atoms with Gasteiger partial charge in [-0.15, -0.1) is 0 Å². The molecule has 3 nitrogen and oxygen atoms in total. The maximum Gasteiger partial charge on any atom is 0.314 e. The molecule has 0 aliphatic heterocycles. The van der Waals surface area contributed by atoms with Crippen molar-refractivity contribution in [1.29, 1.82) is 0 Å². The number of ether oxygens (including phenoxy) is 1. The maximum absolute atomic E-state index is 13.7. The van der Waals surface area contributed by atoms with Crippen LogP contribution in [0.25, 0.3) is 0 Å². The molecule has 1 aliphatic carbocycles. The number of unbranched alkanes of at least 4 members (excludes halogenated alkanes) is 1. The summed E-state index contributed by atoms with van der Waals surface area (Å²) < 4.78 is 19.0. The predicted octanol–water partition coefficient (Wildman–Crippen LogP) is 5.46. The molecule has 0 heterocycles. The average Bonchev–Trinajstić information content (AvgIpc) is 2.56. The van der Waals surface area contributed by atoms with E-state index in [0.29, 0.717) is 0 Å². The van der Waals surface area contributed by atoms with Crippen LogP contribution in [0.15, 0.2) is 23.2 Å². The van der Waals surface area contributed by atoms with Crippen LogP contribution < -0.4 is 4.74 Å². The number of esters is 1. The SMILES string of the molecule is CCCCC1CCC(C(=O)Oc2ccc(N=C=S)c(F)c2)CC1. The van der Waals surface area contributed by atoms with Crippen molar-refractivity contribution in [3.63, 3.8) is 0 Å². The lowest BCUT2D eigenvalue weighted by atomic mass is 9.80. The van der Waals surface area contributed by atoms with Gasteiger partial charge in [0.05, 0.1) is 11.1 Å². The lowest BCUT2D eigenvalue weighted by Gasteiger charge is -2.27. The first kappa shape index (κ1) is 17.8. The van der Waals surface area contributed by atoms with Gasteiger partial charge in [-0.25, -0.2) is 4.39 Å². The lowest BCUT2D eigenvalue weighted by Crippen LogP contribution is -2.25. The second-order valence-electron chi connectivity index (χ2n) is 6.10. The first-order chi connectivity index (χ1) is 11.1. The number of carbonyl (C=O) groups excluding carboxylic acids is 1. The highest BCUT2D eigenvalue weighted by atomic mass is 32.1. The van der Waals surface area contributed by atoms with Crippen LogP contribution in [0.2, 0.25) is 0 Å². The number of hydrogen-bond donors (Lipinski definition) is 0. The van der Waals surface area contributed by atoms with Gasteiger partial charge in [0, 0.05) is 6.07 Å². The molecule has 2 rings (SSSR count). The summed E-state index contributed by atoms with van der Waals surface area (Å²) in [4.78, 5) is 15.8. The Morgan fingerprint density at radius 3 is 2.74 bits per heavy atom. The van der Waals surface area contributed by atoms with Crippen LogP contribution in [0.1, 0.15) is 51.9 Å². The van der Waals surface area contributed by atoms with E-state index < -0.39 is 5.82 Å². The minimum absolute atomic E-state index is 0.0744.